The van der Waals surface area contributed by atoms with E-state index in [9.17, 15) is 0 Å². The van der Waals surface area contributed by atoms with Crippen LogP contribution in [0.2, 0.25) is 0 Å². The second-order valence-corrected chi connectivity index (χ2v) is 3.78. The summed E-state index contributed by atoms with van der Waals surface area (Å²) in [6.45, 7) is 2.26. The van der Waals surface area contributed by atoms with Crippen LogP contribution in [0.4, 0.5) is 0 Å². The van der Waals surface area contributed by atoms with E-state index in [1.165, 1.54) is 51.4 Å². The van der Waals surface area contributed by atoms with Crippen LogP contribution in [0.15, 0.2) is 0 Å². The van der Waals surface area contributed by atoms with Crippen molar-refractivity contribution in [3.63, 3.8) is 0 Å². The highest BCUT2D eigenvalue weighted by atomic mass is 79.9. The van der Waals surface area contributed by atoms with Crippen LogP contribution in [0.1, 0.15) is 58.3 Å². The molecule has 0 heterocycles. The summed E-state index contributed by atoms with van der Waals surface area (Å²) in [6, 6.07) is 0. The molecule has 4 heteroatoms. The van der Waals surface area contributed by atoms with Crippen LogP contribution >= 0.6 is 0 Å². The summed E-state index contributed by atoms with van der Waals surface area (Å²) in [6.07, 6.45) is 11.3. The molecule has 0 saturated heterocycles. The van der Waals surface area contributed by atoms with Gasteiger partial charge in [0, 0.05) is 0 Å². The van der Waals surface area contributed by atoms with E-state index in [0.717, 1.165) is 0 Å². The standard InChI is InChI=1S/C10H24N2.2BrH/c1-2-3-4-5-6-7-8-9-10(11)12;;/h10H,2-9,11-12H2,1H3;2*1H. The maximum Gasteiger partial charge on any atom is 0.207 e. The summed E-state index contributed by atoms with van der Waals surface area (Å²) in [5, 5.41) is 0. The lowest BCUT2D eigenvalue weighted by molar-refractivity contribution is -0.658. The summed E-state index contributed by atoms with van der Waals surface area (Å²) in [7, 11) is 0. The Balaban J connectivity index is -0.000000605. The Hall–Kier alpha value is 0.880. The van der Waals surface area contributed by atoms with Crippen LogP contribution in [-0.4, -0.2) is 6.17 Å². The lowest BCUT2D eigenvalue weighted by Crippen LogP contribution is -3.00. The minimum absolute atomic E-state index is 0. The number of rotatable bonds is 8. The highest BCUT2D eigenvalue weighted by Gasteiger charge is 1.99. The molecule has 0 unspecified atom stereocenters. The molecular weight excluding hydrogens is 308 g/mol. The van der Waals surface area contributed by atoms with Crippen LogP contribution in [0.25, 0.3) is 0 Å². The quantitative estimate of drug-likeness (QED) is 0.330. The van der Waals surface area contributed by atoms with Crippen molar-refractivity contribution in [2.45, 2.75) is 64.5 Å². The van der Waals surface area contributed by atoms with Crippen LogP contribution in [0.5, 0.6) is 0 Å². The van der Waals surface area contributed by atoms with Crippen molar-refractivity contribution in [1.29, 1.82) is 0 Å². The Kier molecular flexibility index (Phi) is 23.7. The summed E-state index contributed by atoms with van der Waals surface area (Å²) < 4.78 is 0. The molecule has 2 nitrogen and oxygen atoms in total. The molecule has 0 fully saturated rings. The third-order valence-electron chi connectivity index (χ3n) is 2.22. The second-order valence-electron chi connectivity index (χ2n) is 3.78. The minimum atomic E-state index is 0. The first-order valence-electron chi connectivity index (χ1n) is 5.43. The first-order chi connectivity index (χ1) is 5.77. The van der Waals surface area contributed by atoms with Crippen molar-refractivity contribution in [3.05, 3.63) is 0 Å². The Bertz CT molecular complexity index is 90.2. The smallest absolute Gasteiger partial charge is 0.207 e. The highest BCUT2D eigenvalue weighted by Crippen LogP contribution is 2.07. The predicted molar refractivity (Wildman–Crippen MR) is 52.2 cm³/mol. The molecular formula is C10H26Br2N2. The molecule has 0 aromatic carbocycles. The predicted octanol–water partition coefficient (Wildman–Crippen LogP) is -5.06. The van der Waals surface area contributed by atoms with Crippen molar-refractivity contribution < 1.29 is 45.4 Å². The van der Waals surface area contributed by atoms with Gasteiger partial charge in [0.15, 0.2) is 0 Å². The van der Waals surface area contributed by atoms with Crippen molar-refractivity contribution in [2.75, 3.05) is 0 Å². The number of hydrogen-bond donors (Lipinski definition) is 2. The Morgan fingerprint density at radius 2 is 1.21 bits per heavy atom. The first-order valence-corrected chi connectivity index (χ1v) is 5.43. The summed E-state index contributed by atoms with van der Waals surface area (Å²) in [4.78, 5) is 0. The van der Waals surface area contributed by atoms with Gasteiger partial charge in [-0.25, -0.2) is 0 Å². The van der Waals surface area contributed by atoms with Crippen LogP contribution in [0, 0.1) is 0 Å². The van der Waals surface area contributed by atoms with E-state index < -0.39 is 0 Å². The second kappa shape index (κ2) is 16.3. The van der Waals surface area contributed by atoms with E-state index in [-0.39, 0.29) is 34.0 Å². The first kappa shape index (κ1) is 20.3. The average Bonchev–Trinajstić information content (AvgIpc) is 2.02. The van der Waals surface area contributed by atoms with E-state index in [2.05, 4.69) is 18.4 Å². The maximum absolute atomic E-state index is 3.87. The van der Waals surface area contributed by atoms with Gasteiger partial charge in [-0.3, -0.25) is 0 Å². The lowest BCUT2D eigenvalue weighted by atomic mass is 10.1. The molecule has 0 saturated carbocycles. The van der Waals surface area contributed by atoms with E-state index in [4.69, 9.17) is 0 Å². The van der Waals surface area contributed by atoms with Gasteiger partial charge in [0.05, 0.1) is 6.42 Å². The van der Waals surface area contributed by atoms with Gasteiger partial charge in [-0.2, -0.15) is 0 Å². The molecule has 14 heavy (non-hydrogen) atoms. The van der Waals surface area contributed by atoms with Crippen LogP contribution in [0.3, 0.4) is 0 Å². The third-order valence-corrected chi connectivity index (χ3v) is 2.22. The largest absolute Gasteiger partial charge is 1.00 e. The van der Waals surface area contributed by atoms with Gasteiger partial charge in [0.25, 0.3) is 0 Å². The zero-order valence-corrected chi connectivity index (χ0v) is 12.6. The molecule has 0 aliphatic rings. The van der Waals surface area contributed by atoms with Gasteiger partial charge >= 0.3 is 0 Å². The fourth-order valence-electron chi connectivity index (χ4n) is 1.39. The van der Waals surface area contributed by atoms with Gasteiger partial charge in [0.1, 0.15) is 0 Å². The van der Waals surface area contributed by atoms with E-state index in [1.54, 1.807) is 0 Å². The number of unbranched alkanes of at least 4 members (excludes halogenated alkanes) is 6. The zero-order chi connectivity index (χ0) is 9.23. The Morgan fingerprint density at radius 3 is 1.64 bits per heavy atom. The SMILES string of the molecule is CCCCCCCCCC([NH3+])[NH3+].[Br-].[Br-]. The topological polar surface area (TPSA) is 55.3 Å². The Labute approximate surface area is 110 Å². The van der Waals surface area contributed by atoms with Crippen LogP contribution in [-0.2, 0) is 0 Å². The highest BCUT2D eigenvalue weighted by molar-refractivity contribution is 4.45. The molecule has 0 aliphatic heterocycles. The molecule has 0 aromatic rings. The molecule has 6 N–H and O–H groups in total. The Morgan fingerprint density at radius 1 is 0.786 bits per heavy atom. The molecule has 0 aromatic heterocycles. The van der Waals surface area contributed by atoms with Gasteiger partial charge in [0.2, 0.25) is 6.17 Å². The number of quaternary nitrogens is 2. The van der Waals surface area contributed by atoms with Crippen molar-refractivity contribution >= 4 is 0 Å². The summed E-state index contributed by atoms with van der Waals surface area (Å²) in [5.74, 6) is 0. The molecule has 0 radical (unpaired) electrons. The zero-order valence-electron chi connectivity index (χ0n) is 9.40. The van der Waals surface area contributed by atoms with Gasteiger partial charge in [-0.05, 0) is 6.42 Å². The van der Waals surface area contributed by atoms with Crippen molar-refractivity contribution in [2.24, 2.45) is 0 Å². The van der Waals surface area contributed by atoms with Gasteiger partial charge < -0.3 is 45.4 Å². The van der Waals surface area contributed by atoms with Crippen molar-refractivity contribution in [1.82, 2.24) is 0 Å². The monoisotopic (exact) mass is 332 g/mol. The molecule has 90 valence electrons. The molecule has 0 spiro atoms. The number of hydrogen-bond acceptors (Lipinski definition) is 0. The van der Waals surface area contributed by atoms with E-state index in [1.807, 2.05) is 0 Å². The van der Waals surface area contributed by atoms with E-state index >= 15 is 0 Å². The molecule has 0 aliphatic carbocycles. The molecule has 0 atom stereocenters. The average molecular weight is 334 g/mol. The fraction of sp³-hybridized carbons (Fsp3) is 1.00. The molecule has 0 bridgehead atoms. The van der Waals surface area contributed by atoms with Gasteiger partial charge in [-0.15, -0.1) is 0 Å². The number of halogens is 2. The van der Waals surface area contributed by atoms with Gasteiger partial charge in [-0.1, -0.05) is 45.4 Å². The molecule has 0 amide bonds. The maximum atomic E-state index is 3.87. The normalized spacial score (nSPS) is 9.43. The molecule has 0 rings (SSSR count). The van der Waals surface area contributed by atoms with Crippen LogP contribution < -0.4 is 45.4 Å². The lowest BCUT2D eigenvalue weighted by Gasteiger charge is -2.00. The van der Waals surface area contributed by atoms with E-state index in [0.29, 0.717) is 6.17 Å². The third kappa shape index (κ3) is 18.6. The fourth-order valence-corrected chi connectivity index (χ4v) is 1.39. The summed E-state index contributed by atoms with van der Waals surface area (Å²) >= 11 is 0. The minimum Gasteiger partial charge on any atom is -1.00 e. The van der Waals surface area contributed by atoms with Crippen molar-refractivity contribution in [3.8, 4) is 0 Å². The summed E-state index contributed by atoms with van der Waals surface area (Å²) in [5.41, 5.74) is 7.75.